The van der Waals surface area contributed by atoms with E-state index >= 15 is 0 Å². The molecule has 0 spiro atoms. The summed E-state index contributed by atoms with van der Waals surface area (Å²) in [6.45, 7) is 0. The molecule has 1 aromatic heterocycles. The van der Waals surface area contributed by atoms with Crippen LogP contribution in [-0.2, 0) is 6.18 Å². The Bertz CT molecular complexity index is 681. The largest absolute Gasteiger partial charge is 0.472 e. The van der Waals surface area contributed by atoms with Crippen LogP contribution in [0.2, 0.25) is 0 Å². The smallest absolute Gasteiger partial charge is 0.416 e. The Balaban J connectivity index is 2.35. The summed E-state index contributed by atoms with van der Waals surface area (Å²) in [6.07, 6.45) is -2.01. The van der Waals surface area contributed by atoms with Crippen LogP contribution >= 0.6 is 12.2 Å². The Morgan fingerprint density at radius 3 is 2.52 bits per heavy atom. The molecule has 110 valence electrons. The summed E-state index contributed by atoms with van der Waals surface area (Å²) in [5, 5.41) is 2.44. The van der Waals surface area contributed by atoms with Gasteiger partial charge in [-0.1, -0.05) is 12.2 Å². The Kier molecular flexibility index (Phi) is 3.99. The lowest BCUT2D eigenvalue weighted by molar-refractivity contribution is -0.137. The third-order valence-electron chi connectivity index (χ3n) is 2.64. The van der Waals surface area contributed by atoms with E-state index < -0.39 is 17.6 Å². The van der Waals surface area contributed by atoms with Crippen molar-refractivity contribution in [3.8, 4) is 0 Å². The fourth-order valence-corrected chi connectivity index (χ4v) is 1.79. The van der Waals surface area contributed by atoms with Gasteiger partial charge < -0.3 is 15.5 Å². The highest BCUT2D eigenvalue weighted by atomic mass is 32.1. The highest BCUT2D eigenvalue weighted by Gasteiger charge is 2.31. The number of alkyl halides is 3. The second kappa shape index (κ2) is 5.57. The first-order chi connectivity index (χ1) is 9.79. The monoisotopic (exact) mass is 314 g/mol. The van der Waals surface area contributed by atoms with E-state index in [0.29, 0.717) is 0 Å². The number of nitrogens with two attached hydrogens (primary N) is 1. The normalized spacial score (nSPS) is 11.2. The first-order valence-electron chi connectivity index (χ1n) is 5.63. The van der Waals surface area contributed by atoms with Crippen LogP contribution in [0.5, 0.6) is 0 Å². The van der Waals surface area contributed by atoms with Crippen LogP contribution in [0.15, 0.2) is 41.2 Å². The van der Waals surface area contributed by atoms with Gasteiger partial charge in [0.25, 0.3) is 5.91 Å². The van der Waals surface area contributed by atoms with Crippen LogP contribution < -0.4 is 11.1 Å². The summed E-state index contributed by atoms with van der Waals surface area (Å²) in [7, 11) is 0. The number of hydrogen-bond acceptors (Lipinski definition) is 3. The number of anilines is 1. The van der Waals surface area contributed by atoms with Crippen LogP contribution in [0.1, 0.15) is 21.5 Å². The molecule has 0 bridgehead atoms. The van der Waals surface area contributed by atoms with Gasteiger partial charge in [-0.2, -0.15) is 13.2 Å². The van der Waals surface area contributed by atoms with Crippen LogP contribution in [-0.4, -0.2) is 10.9 Å². The first kappa shape index (κ1) is 15.0. The second-order valence-corrected chi connectivity index (χ2v) is 4.53. The minimum Gasteiger partial charge on any atom is -0.472 e. The summed E-state index contributed by atoms with van der Waals surface area (Å²) < 4.78 is 42.7. The molecule has 0 aliphatic rings. The zero-order valence-corrected chi connectivity index (χ0v) is 11.2. The number of thiocarbonyl (C=S) groups is 1. The van der Waals surface area contributed by atoms with Crippen molar-refractivity contribution in [3.05, 3.63) is 53.5 Å². The number of benzene rings is 1. The van der Waals surface area contributed by atoms with Crippen molar-refractivity contribution in [1.82, 2.24) is 0 Å². The summed E-state index contributed by atoms with van der Waals surface area (Å²) in [4.78, 5) is 11.6. The lowest BCUT2D eigenvalue weighted by Gasteiger charge is -2.13. The van der Waals surface area contributed by atoms with Gasteiger partial charge in [-0.3, -0.25) is 4.79 Å². The Labute approximate surface area is 122 Å². The molecule has 1 amide bonds. The standard InChI is InChI=1S/C13H9F3N2O2S/c14-13(15,16)8-1-2-10(9(5-8)11(17)21)18-12(19)7-3-4-20-6-7/h1-6H,(H2,17,21)(H,18,19). The molecule has 0 fully saturated rings. The van der Waals surface area contributed by atoms with E-state index in [9.17, 15) is 18.0 Å². The number of hydrogen-bond donors (Lipinski definition) is 2. The summed E-state index contributed by atoms with van der Waals surface area (Å²) >= 11 is 4.73. The minimum absolute atomic E-state index is 0.0586. The maximum atomic E-state index is 12.7. The zero-order chi connectivity index (χ0) is 15.6. The third kappa shape index (κ3) is 3.40. The average molecular weight is 314 g/mol. The quantitative estimate of drug-likeness (QED) is 0.854. The van der Waals surface area contributed by atoms with Gasteiger partial charge in [0.1, 0.15) is 11.3 Å². The number of halogens is 3. The van der Waals surface area contributed by atoms with Crippen LogP contribution in [0.3, 0.4) is 0 Å². The van der Waals surface area contributed by atoms with Gasteiger partial charge in [-0.25, -0.2) is 0 Å². The molecule has 3 N–H and O–H groups in total. The third-order valence-corrected chi connectivity index (χ3v) is 2.86. The van der Waals surface area contributed by atoms with Crippen LogP contribution in [0.4, 0.5) is 18.9 Å². The van der Waals surface area contributed by atoms with Gasteiger partial charge in [0.2, 0.25) is 0 Å². The highest BCUT2D eigenvalue weighted by molar-refractivity contribution is 7.80. The lowest BCUT2D eigenvalue weighted by Crippen LogP contribution is -2.18. The molecule has 4 nitrogen and oxygen atoms in total. The van der Waals surface area contributed by atoms with Gasteiger partial charge >= 0.3 is 6.18 Å². The Hall–Kier alpha value is -2.35. The fraction of sp³-hybridized carbons (Fsp3) is 0.0769. The van der Waals surface area contributed by atoms with Gasteiger partial charge in [0.15, 0.2) is 0 Å². The van der Waals surface area contributed by atoms with E-state index in [0.717, 1.165) is 18.2 Å². The molecule has 1 heterocycles. The van der Waals surface area contributed by atoms with Gasteiger partial charge in [-0.05, 0) is 24.3 Å². The van der Waals surface area contributed by atoms with E-state index in [1.54, 1.807) is 0 Å². The summed E-state index contributed by atoms with van der Waals surface area (Å²) in [5.74, 6) is -0.541. The van der Waals surface area contributed by atoms with Gasteiger partial charge in [0, 0.05) is 5.56 Å². The number of rotatable bonds is 3. The predicted molar refractivity (Wildman–Crippen MR) is 74.0 cm³/mol. The molecule has 1 aromatic carbocycles. The number of amides is 1. The molecule has 0 unspecified atom stereocenters. The summed E-state index contributed by atoms with van der Waals surface area (Å²) in [5.41, 5.74) is 4.78. The van der Waals surface area contributed by atoms with Crippen molar-refractivity contribution < 1.29 is 22.4 Å². The Morgan fingerprint density at radius 2 is 2.00 bits per heavy atom. The molecule has 0 aliphatic heterocycles. The topological polar surface area (TPSA) is 68.3 Å². The summed E-state index contributed by atoms with van der Waals surface area (Å²) in [6, 6.07) is 4.16. The van der Waals surface area contributed by atoms with E-state index in [4.69, 9.17) is 22.4 Å². The molecule has 0 atom stereocenters. The zero-order valence-electron chi connectivity index (χ0n) is 10.4. The number of carbonyl (C=O) groups is 1. The van der Waals surface area contributed by atoms with Crippen LogP contribution in [0, 0.1) is 0 Å². The fourth-order valence-electron chi connectivity index (χ4n) is 1.62. The number of nitrogens with one attached hydrogen (secondary N) is 1. The predicted octanol–water partition coefficient (Wildman–Crippen LogP) is 3.18. The molecule has 0 saturated carbocycles. The molecule has 0 aliphatic carbocycles. The van der Waals surface area contributed by atoms with E-state index in [1.807, 2.05) is 0 Å². The molecule has 0 radical (unpaired) electrons. The molecule has 0 saturated heterocycles. The van der Waals surface area contributed by atoms with Gasteiger partial charge in [-0.15, -0.1) is 0 Å². The Morgan fingerprint density at radius 1 is 1.29 bits per heavy atom. The van der Waals surface area contributed by atoms with Crippen molar-refractivity contribution in [1.29, 1.82) is 0 Å². The second-order valence-electron chi connectivity index (χ2n) is 4.09. The molecular formula is C13H9F3N2O2S. The van der Waals surface area contributed by atoms with E-state index in [2.05, 4.69) is 5.32 Å². The molecule has 21 heavy (non-hydrogen) atoms. The molecule has 8 heteroatoms. The van der Waals surface area contributed by atoms with E-state index in [1.165, 1.54) is 18.6 Å². The molecule has 2 aromatic rings. The van der Waals surface area contributed by atoms with E-state index in [-0.39, 0.29) is 21.8 Å². The highest BCUT2D eigenvalue weighted by Crippen LogP contribution is 2.32. The molecular weight excluding hydrogens is 305 g/mol. The first-order valence-corrected chi connectivity index (χ1v) is 6.04. The van der Waals surface area contributed by atoms with Crippen molar-refractivity contribution in [2.75, 3.05) is 5.32 Å². The van der Waals surface area contributed by atoms with Crippen molar-refractivity contribution in [2.45, 2.75) is 6.18 Å². The van der Waals surface area contributed by atoms with Gasteiger partial charge in [0.05, 0.1) is 23.1 Å². The number of furan rings is 1. The van der Waals surface area contributed by atoms with Crippen LogP contribution in [0.25, 0.3) is 0 Å². The van der Waals surface area contributed by atoms with Crippen molar-refractivity contribution in [3.63, 3.8) is 0 Å². The maximum Gasteiger partial charge on any atom is 0.416 e. The SMILES string of the molecule is NC(=S)c1cc(C(F)(F)F)ccc1NC(=O)c1ccoc1. The lowest BCUT2D eigenvalue weighted by atomic mass is 10.1. The maximum absolute atomic E-state index is 12.7. The average Bonchev–Trinajstić information content (AvgIpc) is 2.91. The van der Waals surface area contributed by atoms with Crippen molar-refractivity contribution >= 4 is 28.8 Å². The minimum atomic E-state index is -4.52. The molecule has 2 rings (SSSR count). The number of carbonyl (C=O) groups excluding carboxylic acids is 1. The van der Waals surface area contributed by atoms with Crippen molar-refractivity contribution in [2.24, 2.45) is 5.73 Å².